The van der Waals surface area contributed by atoms with Crippen LogP contribution in [0.4, 0.5) is 5.69 Å². The molecule has 4 aromatic rings. The standard InChI is InChI=1S/C28H23N3O5/c1-3-16-30(27(33)19-10-14-21(35-2)15-11-19)23-17-25(32)31(28(23)34)20-12-8-18(9-13-20)26-29-22-6-4-5-7-24(22)36-26/h3-15,23H,1,16-17H2,2H3. The largest absolute Gasteiger partial charge is 0.497 e. The minimum Gasteiger partial charge on any atom is -0.497 e. The molecule has 1 atom stereocenters. The molecule has 1 unspecified atom stereocenters. The summed E-state index contributed by atoms with van der Waals surface area (Å²) < 4.78 is 10.9. The first kappa shape index (κ1) is 23.0. The zero-order valence-electron chi connectivity index (χ0n) is 19.6. The quantitative estimate of drug-likeness (QED) is 0.286. The maximum atomic E-state index is 13.4. The molecule has 1 aromatic heterocycles. The number of aromatic nitrogens is 1. The molecule has 3 aromatic carbocycles. The summed E-state index contributed by atoms with van der Waals surface area (Å²) in [6.07, 6.45) is 1.43. The van der Waals surface area contributed by atoms with E-state index in [1.807, 2.05) is 24.3 Å². The van der Waals surface area contributed by atoms with Crippen molar-refractivity contribution in [2.75, 3.05) is 18.6 Å². The number of ether oxygens (including phenoxy) is 1. The number of hydrogen-bond acceptors (Lipinski definition) is 6. The summed E-state index contributed by atoms with van der Waals surface area (Å²) >= 11 is 0. The highest BCUT2D eigenvalue weighted by Crippen LogP contribution is 2.30. The first-order chi connectivity index (χ1) is 17.5. The van der Waals surface area contributed by atoms with Gasteiger partial charge in [0, 0.05) is 17.7 Å². The molecule has 1 aliphatic heterocycles. The number of oxazole rings is 1. The van der Waals surface area contributed by atoms with E-state index in [0.717, 1.165) is 10.4 Å². The summed E-state index contributed by atoms with van der Waals surface area (Å²) in [7, 11) is 1.54. The highest BCUT2D eigenvalue weighted by atomic mass is 16.5. The van der Waals surface area contributed by atoms with Crippen LogP contribution in [0, 0.1) is 0 Å². The normalized spacial score (nSPS) is 15.4. The molecule has 0 N–H and O–H groups in total. The van der Waals surface area contributed by atoms with Gasteiger partial charge in [0.1, 0.15) is 17.3 Å². The van der Waals surface area contributed by atoms with Gasteiger partial charge in [0.25, 0.3) is 11.8 Å². The van der Waals surface area contributed by atoms with E-state index in [9.17, 15) is 14.4 Å². The molecule has 1 aliphatic rings. The van der Waals surface area contributed by atoms with Crippen molar-refractivity contribution in [3.8, 4) is 17.2 Å². The first-order valence-electron chi connectivity index (χ1n) is 11.4. The molecule has 8 nitrogen and oxygen atoms in total. The number of carbonyl (C=O) groups excluding carboxylic acids is 3. The molecule has 8 heteroatoms. The monoisotopic (exact) mass is 481 g/mol. The highest BCUT2D eigenvalue weighted by molar-refractivity contribution is 6.23. The van der Waals surface area contributed by atoms with E-state index in [4.69, 9.17) is 9.15 Å². The summed E-state index contributed by atoms with van der Waals surface area (Å²) in [6.45, 7) is 3.84. The summed E-state index contributed by atoms with van der Waals surface area (Å²) in [5.74, 6) is -0.144. The molecular formula is C28H23N3O5. The number of nitrogens with zero attached hydrogens (tertiary/aromatic N) is 3. The number of imide groups is 1. The van der Waals surface area contributed by atoms with Gasteiger partial charge in [0.15, 0.2) is 5.58 Å². The van der Waals surface area contributed by atoms with Crippen molar-refractivity contribution < 1.29 is 23.5 Å². The average molecular weight is 482 g/mol. The Bertz CT molecular complexity index is 1420. The molecule has 0 saturated carbocycles. The number of para-hydroxylation sites is 2. The van der Waals surface area contributed by atoms with Crippen LogP contribution in [-0.4, -0.2) is 47.3 Å². The Balaban J connectivity index is 1.38. The molecule has 0 spiro atoms. The van der Waals surface area contributed by atoms with Gasteiger partial charge in [0.2, 0.25) is 11.8 Å². The van der Waals surface area contributed by atoms with Gasteiger partial charge < -0.3 is 14.1 Å². The number of benzene rings is 3. The van der Waals surface area contributed by atoms with Crippen LogP contribution >= 0.6 is 0 Å². The van der Waals surface area contributed by atoms with Crippen molar-refractivity contribution in [1.82, 2.24) is 9.88 Å². The number of amides is 3. The second-order valence-electron chi connectivity index (χ2n) is 8.30. The van der Waals surface area contributed by atoms with E-state index < -0.39 is 11.9 Å². The molecule has 1 saturated heterocycles. The lowest BCUT2D eigenvalue weighted by Gasteiger charge is -2.26. The molecule has 0 radical (unpaired) electrons. The van der Waals surface area contributed by atoms with Crippen LogP contribution in [0.15, 0.2) is 89.9 Å². The number of hydrogen-bond donors (Lipinski definition) is 0. The van der Waals surface area contributed by atoms with Crippen LogP contribution in [0.25, 0.3) is 22.6 Å². The van der Waals surface area contributed by atoms with Crippen molar-refractivity contribution >= 4 is 34.5 Å². The van der Waals surface area contributed by atoms with Crippen LogP contribution in [0.2, 0.25) is 0 Å². The predicted molar refractivity (Wildman–Crippen MR) is 135 cm³/mol. The zero-order valence-corrected chi connectivity index (χ0v) is 19.6. The maximum Gasteiger partial charge on any atom is 0.257 e. The van der Waals surface area contributed by atoms with Crippen molar-refractivity contribution in [2.24, 2.45) is 0 Å². The minimum absolute atomic E-state index is 0.110. The molecule has 5 rings (SSSR count). The van der Waals surface area contributed by atoms with E-state index in [2.05, 4.69) is 11.6 Å². The first-order valence-corrected chi connectivity index (χ1v) is 11.4. The molecule has 0 aliphatic carbocycles. The van der Waals surface area contributed by atoms with Crippen LogP contribution in [0.5, 0.6) is 5.75 Å². The molecule has 0 bridgehead atoms. The van der Waals surface area contributed by atoms with Crippen LogP contribution in [0.3, 0.4) is 0 Å². The van der Waals surface area contributed by atoms with Gasteiger partial charge in [-0.15, -0.1) is 6.58 Å². The molecule has 36 heavy (non-hydrogen) atoms. The lowest BCUT2D eigenvalue weighted by Crippen LogP contribution is -2.45. The zero-order chi connectivity index (χ0) is 25.2. The van der Waals surface area contributed by atoms with E-state index >= 15 is 0 Å². The predicted octanol–water partition coefficient (Wildman–Crippen LogP) is 4.46. The van der Waals surface area contributed by atoms with Crippen LogP contribution in [-0.2, 0) is 9.59 Å². The van der Waals surface area contributed by atoms with Crippen molar-refractivity contribution in [3.05, 3.63) is 91.0 Å². The molecular weight excluding hydrogens is 458 g/mol. The average Bonchev–Trinajstić information content (AvgIpc) is 3.47. The van der Waals surface area contributed by atoms with Gasteiger partial charge in [-0.3, -0.25) is 14.4 Å². The molecule has 2 heterocycles. The van der Waals surface area contributed by atoms with Crippen molar-refractivity contribution in [3.63, 3.8) is 0 Å². The number of anilines is 1. The molecule has 1 fully saturated rings. The Labute approximate surface area is 207 Å². The van der Waals surface area contributed by atoms with Gasteiger partial charge in [-0.25, -0.2) is 9.88 Å². The third-order valence-corrected chi connectivity index (χ3v) is 6.09. The minimum atomic E-state index is -0.929. The van der Waals surface area contributed by atoms with E-state index in [1.54, 1.807) is 48.5 Å². The topological polar surface area (TPSA) is 92.9 Å². The molecule has 3 amide bonds. The van der Waals surface area contributed by atoms with E-state index in [1.165, 1.54) is 18.1 Å². The number of methoxy groups -OCH3 is 1. The third-order valence-electron chi connectivity index (χ3n) is 6.09. The summed E-state index contributed by atoms with van der Waals surface area (Å²) in [5, 5.41) is 0. The van der Waals surface area contributed by atoms with E-state index in [0.29, 0.717) is 34.0 Å². The van der Waals surface area contributed by atoms with Gasteiger partial charge in [-0.05, 0) is 60.7 Å². The lowest BCUT2D eigenvalue weighted by molar-refractivity contribution is -0.122. The van der Waals surface area contributed by atoms with Crippen LogP contribution in [0.1, 0.15) is 16.8 Å². The number of carbonyl (C=O) groups is 3. The summed E-state index contributed by atoms with van der Waals surface area (Å²) in [5.41, 5.74) is 2.94. The SMILES string of the molecule is C=CCN(C(=O)c1ccc(OC)cc1)C1CC(=O)N(c2ccc(-c3nc4ccccc4o3)cc2)C1=O. The van der Waals surface area contributed by atoms with Gasteiger partial charge in [-0.1, -0.05) is 18.2 Å². The van der Waals surface area contributed by atoms with Gasteiger partial charge in [0.05, 0.1) is 19.2 Å². The number of rotatable bonds is 7. The fourth-order valence-electron chi connectivity index (χ4n) is 4.27. The number of fused-ring (bicyclic) bond motifs is 1. The third kappa shape index (κ3) is 4.13. The second-order valence-corrected chi connectivity index (χ2v) is 8.30. The fourth-order valence-corrected chi connectivity index (χ4v) is 4.27. The Morgan fingerprint density at radius 1 is 1.11 bits per heavy atom. The Morgan fingerprint density at radius 2 is 1.83 bits per heavy atom. The van der Waals surface area contributed by atoms with Crippen LogP contribution < -0.4 is 9.64 Å². The highest BCUT2D eigenvalue weighted by Gasteiger charge is 2.44. The van der Waals surface area contributed by atoms with Crippen molar-refractivity contribution in [2.45, 2.75) is 12.5 Å². The second kappa shape index (κ2) is 9.50. The maximum absolute atomic E-state index is 13.4. The smallest absolute Gasteiger partial charge is 0.257 e. The Kier molecular flexibility index (Phi) is 6.08. The van der Waals surface area contributed by atoms with Gasteiger partial charge >= 0.3 is 0 Å². The lowest BCUT2D eigenvalue weighted by atomic mass is 10.1. The summed E-state index contributed by atoms with van der Waals surface area (Å²) in [4.78, 5) is 46.5. The van der Waals surface area contributed by atoms with Gasteiger partial charge in [-0.2, -0.15) is 0 Å². The van der Waals surface area contributed by atoms with Crippen molar-refractivity contribution in [1.29, 1.82) is 0 Å². The summed E-state index contributed by atoms with van der Waals surface area (Å²) in [6, 6.07) is 20.0. The Morgan fingerprint density at radius 3 is 2.50 bits per heavy atom. The molecule has 180 valence electrons. The van der Waals surface area contributed by atoms with E-state index in [-0.39, 0.29) is 24.8 Å². The Hall–Kier alpha value is -4.72. The fraction of sp³-hybridized carbons (Fsp3) is 0.143.